The molecule has 1 amide bonds. The molecule has 0 heterocycles. The topological polar surface area (TPSA) is 29.5 Å². The second kappa shape index (κ2) is 6.84. The molecule has 0 aliphatic carbocycles. The first-order chi connectivity index (χ1) is 8.07. The van der Waals surface area contributed by atoms with Crippen LogP contribution in [0.2, 0.25) is 0 Å². The van der Waals surface area contributed by atoms with Crippen LogP contribution in [0.4, 0.5) is 5.69 Å². The van der Waals surface area contributed by atoms with E-state index >= 15 is 0 Å². The molecule has 0 atom stereocenters. The Morgan fingerprint density at radius 1 is 1.41 bits per heavy atom. The van der Waals surface area contributed by atoms with Gasteiger partial charge in [0.05, 0.1) is 6.61 Å². The summed E-state index contributed by atoms with van der Waals surface area (Å²) in [5.41, 5.74) is 1.80. The third-order valence-corrected chi connectivity index (χ3v) is 2.75. The lowest BCUT2D eigenvalue weighted by Gasteiger charge is -2.24. The van der Waals surface area contributed by atoms with E-state index in [1.54, 1.807) is 12.0 Å². The van der Waals surface area contributed by atoms with Gasteiger partial charge < -0.3 is 9.64 Å². The lowest BCUT2D eigenvalue weighted by atomic mass is 10.2. The van der Waals surface area contributed by atoms with Crippen LogP contribution in [0.3, 0.4) is 0 Å². The highest BCUT2D eigenvalue weighted by Crippen LogP contribution is 2.21. The average molecular weight is 276 g/mol. The van der Waals surface area contributed by atoms with Crippen molar-refractivity contribution in [3.8, 4) is 0 Å². The number of hydrogen-bond donors (Lipinski definition) is 0. The molecule has 0 unspecified atom stereocenters. The average Bonchev–Trinajstić information content (AvgIpc) is 2.31. The highest BCUT2D eigenvalue weighted by atomic mass is 35.5. The van der Waals surface area contributed by atoms with E-state index in [0.717, 1.165) is 11.3 Å². The number of methoxy groups -OCH3 is 1. The number of alkyl halides is 2. The standard InChI is InChI=1S/C12H15Cl2NO2/c1-9-5-3-4-6-10(9)15(7-8-17-2)12(16)11(13)14/h3-6,11H,7-8H2,1-2H3. The van der Waals surface area contributed by atoms with E-state index < -0.39 is 4.84 Å². The quantitative estimate of drug-likeness (QED) is 0.774. The Labute approximate surface area is 111 Å². The summed E-state index contributed by atoms with van der Waals surface area (Å²) in [5.74, 6) is -0.334. The van der Waals surface area contributed by atoms with Crippen molar-refractivity contribution in [3.63, 3.8) is 0 Å². The van der Waals surface area contributed by atoms with E-state index in [-0.39, 0.29) is 5.91 Å². The Morgan fingerprint density at radius 2 is 2.06 bits per heavy atom. The van der Waals surface area contributed by atoms with Gasteiger partial charge in [0.2, 0.25) is 0 Å². The minimum Gasteiger partial charge on any atom is -0.383 e. The van der Waals surface area contributed by atoms with Crippen LogP contribution in [0.1, 0.15) is 5.56 Å². The summed E-state index contributed by atoms with van der Waals surface area (Å²) < 4.78 is 4.98. The minimum absolute atomic E-state index is 0.334. The predicted octanol–water partition coefficient (Wildman–Crippen LogP) is 2.78. The first-order valence-electron chi connectivity index (χ1n) is 5.22. The van der Waals surface area contributed by atoms with Crippen LogP contribution in [0.15, 0.2) is 24.3 Å². The van der Waals surface area contributed by atoms with Crippen molar-refractivity contribution in [1.82, 2.24) is 0 Å². The van der Waals surface area contributed by atoms with Gasteiger partial charge in [-0.3, -0.25) is 4.79 Å². The molecule has 0 aliphatic rings. The van der Waals surface area contributed by atoms with E-state index in [4.69, 9.17) is 27.9 Å². The molecular formula is C12H15Cl2NO2. The lowest BCUT2D eigenvalue weighted by Crippen LogP contribution is -2.37. The number of nitrogens with zero attached hydrogens (tertiary/aromatic N) is 1. The lowest BCUT2D eigenvalue weighted by molar-refractivity contribution is -0.117. The molecule has 1 aromatic rings. The highest BCUT2D eigenvalue weighted by molar-refractivity contribution is 6.54. The summed E-state index contributed by atoms with van der Waals surface area (Å²) in [5, 5.41) is 0. The molecule has 0 bridgehead atoms. The number of hydrogen-bond acceptors (Lipinski definition) is 2. The van der Waals surface area contributed by atoms with E-state index in [1.807, 2.05) is 31.2 Å². The van der Waals surface area contributed by atoms with Crippen molar-refractivity contribution in [2.24, 2.45) is 0 Å². The van der Waals surface area contributed by atoms with Crippen LogP contribution in [0, 0.1) is 6.92 Å². The third kappa shape index (κ3) is 3.87. The largest absolute Gasteiger partial charge is 0.383 e. The number of rotatable bonds is 5. The van der Waals surface area contributed by atoms with Gasteiger partial charge in [0.25, 0.3) is 5.91 Å². The number of anilines is 1. The van der Waals surface area contributed by atoms with Crippen LogP contribution < -0.4 is 4.90 Å². The summed E-state index contributed by atoms with van der Waals surface area (Å²) >= 11 is 11.3. The molecule has 1 aromatic carbocycles. The maximum atomic E-state index is 11.9. The summed E-state index contributed by atoms with van der Waals surface area (Å²) in [6, 6.07) is 7.57. The maximum Gasteiger partial charge on any atom is 0.260 e. The Kier molecular flexibility index (Phi) is 5.75. The van der Waals surface area contributed by atoms with Crippen LogP contribution in [-0.2, 0) is 9.53 Å². The predicted molar refractivity (Wildman–Crippen MR) is 70.9 cm³/mol. The normalized spacial score (nSPS) is 10.6. The van der Waals surface area contributed by atoms with Gasteiger partial charge in [-0.05, 0) is 18.6 Å². The zero-order valence-electron chi connectivity index (χ0n) is 9.82. The molecule has 0 saturated carbocycles. The molecule has 0 aliphatic heterocycles. The van der Waals surface area contributed by atoms with E-state index in [0.29, 0.717) is 13.2 Å². The Balaban J connectivity index is 2.98. The van der Waals surface area contributed by atoms with E-state index in [9.17, 15) is 4.79 Å². The number of carbonyl (C=O) groups is 1. The van der Waals surface area contributed by atoms with Crippen molar-refractivity contribution >= 4 is 34.8 Å². The number of ether oxygens (including phenoxy) is 1. The first-order valence-corrected chi connectivity index (χ1v) is 6.09. The number of benzene rings is 1. The van der Waals surface area contributed by atoms with Crippen molar-refractivity contribution in [2.75, 3.05) is 25.2 Å². The van der Waals surface area contributed by atoms with Crippen molar-refractivity contribution in [2.45, 2.75) is 11.8 Å². The molecule has 0 N–H and O–H groups in total. The van der Waals surface area contributed by atoms with Gasteiger partial charge in [-0.25, -0.2) is 0 Å². The zero-order chi connectivity index (χ0) is 12.8. The maximum absolute atomic E-state index is 11.9. The second-order valence-corrected chi connectivity index (χ2v) is 4.67. The molecule has 1 rings (SSSR count). The van der Waals surface area contributed by atoms with Gasteiger partial charge in [0.1, 0.15) is 0 Å². The molecular weight excluding hydrogens is 261 g/mol. The van der Waals surface area contributed by atoms with Crippen LogP contribution in [0.25, 0.3) is 0 Å². The molecule has 0 saturated heterocycles. The fraction of sp³-hybridized carbons (Fsp3) is 0.417. The van der Waals surface area contributed by atoms with Crippen LogP contribution in [-0.4, -0.2) is 31.0 Å². The number of para-hydroxylation sites is 1. The van der Waals surface area contributed by atoms with Gasteiger partial charge >= 0.3 is 0 Å². The van der Waals surface area contributed by atoms with Crippen molar-refractivity contribution in [1.29, 1.82) is 0 Å². The molecule has 0 radical (unpaired) electrons. The smallest absolute Gasteiger partial charge is 0.260 e. The fourth-order valence-electron chi connectivity index (χ4n) is 1.52. The Hall–Kier alpha value is -0.770. The van der Waals surface area contributed by atoms with Crippen molar-refractivity contribution in [3.05, 3.63) is 29.8 Å². The van der Waals surface area contributed by atoms with Crippen LogP contribution >= 0.6 is 23.2 Å². The minimum atomic E-state index is -1.06. The van der Waals surface area contributed by atoms with Gasteiger partial charge in [0, 0.05) is 19.3 Å². The third-order valence-electron chi connectivity index (χ3n) is 2.38. The molecule has 0 spiro atoms. The molecule has 94 valence electrons. The number of aryl methyl sites for hydroxylation is 1. The van der Waals surface area contributed by atoms with E-state index in [2.05, 4.69) is 0 Å². The van der Waals surface area contributed by atoms with Gasteiger partial charge in [-0.15, -0.1) is 0 Å². The number of amides is 1. The zero-order valence-corrected chi connectivity index (χ0v) is 11.3. The highest BCUT2D eigenvalue weighted by Gasteiger charge is 2.22. The first kappa shape index (κ1) is 14.3. The second-order valence-electron chi connectivity index (χ2n) is 3.57. The summed E-state index contributed by atoms with van der Waals surface area (Å²) in [4.78, 5) is 12.4. The molecule has 0 fully saturated rings. The van der Waals surface area contributed by atoms with Gasteiger partial charge in [0.15, 0.2) is 4.84 Å². The molecule has 5 heteroatoms. The van der Waals surface area contributed by atoms with Crippen molar-refractivity contribution < 1.29 is 9.53 Å². The summed E-state index contributed by atoms with van der Waals surface area (Å²) in [7, 11) is 1.58. The monoisotopic (exact) mass is 275 g/mol. The SMILES string of the molecule is COCCN(C(=O)C(Cl)Cl)c1ccccc1C. The fourth-order valence-corrected chi connectivity index (χ4v) is 1.75. The van der Waals surface area contributed by atoms with Gasteiger partial charge in [-0.2, -0.15) is 0 Å². The number of halogens is 2. The number of carbonyl (C=O) groups excluding carboxylic acids is 1. The molecule has 0 aromatic heterocycles. The molecule has 17 heavy (non-hydrogen) atoms. The van der Waals surface area contributed by atoms with E-state index in [1.165, 1.54) is 0 Å². The summed E-state index contributed by atoms with van der Waals surface area (Å²) in [6.45, 7) is 2.79. The summed E-state index contributed by atoms with van der Waals surface area (Å²) in [6.07, 6.45) is 0. The van der Waals surface area contributed by atoms with Crippen LogP contribution in [0.5, 0.6) is 0 Å². The van der Waals surface area contributed by atoms with Gasteiger partial charge in [-0.1, -0.05) is 41.4 Å². The Bertz CT molecular complexity index is 383. The molecule has 3 nitrogen and oxygen atoms in total. The Morgan fingerprint density at radius 3 is 2.59 bits per heavy atom.